The van der Waals surface area contributed by atoms with E-state index < -0.39 is 43.2 Å². The Bertz CT molecular complexity index is 848. The molecule has 0 spiro atoms. The van der Waals surface area contributed by atoms with Crippen LogP contribution in [0.4, 0.5) is 16.2 Å². The summed E-state index contributed by atoms with van der Waals surface area (Å²) >= 11 is 0. The first-order chi connectivity index (χ1) is 12.0. The zero-order valence-electron chi connectivity index (χ0n) is 12.5. The van der Waals surface area contributed by atoms with E-state index in [4.69, 9.17) is 15.6 Å². The number of tetrazole rings is 1. The Labute approximate surface area is 137 Å². The molecular formula is C11H14FN9O4. The summed E-state index contributed by atoms with van der Waals surface area (Å²) in [5, 5.41) is 32.6. The summed E-state index contributed by atoms with van der Waals surface area (Å²) in [6, 6.07) is 0. The maximum absolute atomic E-state index is 14.1. The third kappa shape index (κ3) is 2.26. The molecule has 134 valence electrons. The summed E-state index contributed by atoms with van der Waals surface area (Å²) in [4.78, 5) is 20.2. The predicted octanol–water partition coefficient (Wildman–Crippen LogP) is -2.91. The van der Waals surface area contributed by atoms with Crippen LogP contribution in [0.5, 0.6) is 0 Å². The molecule has 1 fully saturated rings. The summed E-state index contributed by atoms with van der Waals surface area (Å²) < 4.78 is 20.4. The molecule has 6 N–H and O–H groups in total. The number of imidazole rings is 1. The molecule has 14 heteroatoms. The fourth-order valence-electron chi connectivity index (χ4n) is 2.91. The molecule has 4 rings (SSSR count). The van der Waals surface area contributed by atoms with E-state index in [2.05, 4.69) is 30.6 Å². The maximum Gasteiger partial charge on any atom is 0.329 e. The van der Waals surface area contributed by atoms with Gasteiger partial charge in [0.05, 0.1) is 12.8 Å². The van der Waals surface area contributed by atoms with Crippen LogP contribution in [0.25, 0.3) is 0 Å². The fraction of sp³-hybridized carbons (Fsp3) is 0.545. The van der Waals surface area contributed by atoms with E-state index in [1.54, 1.807) is 0 Å². The Kier molecular flexibility index (Phi) is 3.60. The summed E-state index contributed by atoms with van der Waals surface area (Å²) in [6.07, 6.45) is -5.84. The number of aromatic amines is 2. The van der Waals surface area contributed by atoms with Crippen LogP contribution >= 0.6 is 0 Å². The normalized spacial score (nSPS) is 31.5. The molecule has 25 heavy (non-hydrogen) atoms. The fourth-order valence-corrected chi connectivity index (χ4v) is 2.91. The van der Waals surface area contributed by atoms with Crippen LogP contribution in [0.1, 0.15) is 11.9 Å². The van der Waals surface area contributed by atoms with Crippen molar-refractivity contribution in [3.8, 4) is 0 Å². The Morgan fingerprint density at radius 3 is 2.92 bits per heavy atom. The number of aliphatic hydroxyl groups excluding tert-OH is 2. The first kappa shape index (κ1) is 15.8. The van der Waals surface area contributed by atoms with Crippen molar-refractivity contribution in [2.75, 3.05) is 11.5 Å². The number of rotatable bonds is 3. The minimum atomic E-state index is -1.86. The number of nitrogens with zero attached hydrogens (tertiary/aromatic N) is 6. The van der Waals surface area contributed by atoms with Crippen molar-refractivity contribution in [1.29, 1.82) is 0 Å². The van der Waals surface area contributed by atoms with Crippen molar-refractivity contribution >= 4 is 18.0 Å². The molecule has 2 aromatic heterocycles. The summed E-state index contributed by atoms with van der Waals surface area (Å²) in [6.45, 7) is -0.647. The van der Waals surface area contributed by atoms with E-state index >= 15 is 0 Å². The van der Waals surface area contributed by atoms with Gasteiger partial charge in [-0.2, -0.15) is 5.21 Å². The highest BCUT2D eigenvalue weighted by Crippen LogP contribution is 2.36. The van der Waals surface area contributed by atoms with Gasteiger partial charge in [-0.1, -0.05) is 5.10 Å². The summed E-state index contributed by atoms with van der Waals surface area (Å²) in [5.41, 5.74) is 5.50. The number of fused-ring (bicyclic) bond motifs is 1. The average Bonchev–Trinajstić information content (AvgIpc) is 3.28. The number of hydrogen-bond donors (Lipinski definition) is 5. The van der Waals surface area contributed by atoms with Crippen LogP contribution < -0.4 is 16.3 Å². The molecule has 0 saturated carbocycles. The van der Waals surface area contributed by atoms with Crippen LogP contribution in [0.15, 0.2) is 9.79 Å². The van der Waals surface area contributed by atoms with Gasteiger partial charge in [0.1, 0.15) is 17.9 Å². The molecule has 2 aromatic rings. The van der Waals surface area contributed by atoms with Gasteiger partial charge in [0.15, 0.2) is 24.5 Å². The highest BCUT2D eigenvalue weighted by atomic mass is 19.1. The molecule has 4 heterocycles. The van der Waals surface area contributed by atoms with Crippen LogP contribution in [0.2, 0.25) is 0 Å². The van der Waals surface area contributed by atoms with Crippen LogP contribution in [0.3, 0.4) is 0 Å². The number of hydrogen-bond acceptors (Lipinski definition) is 10. The number of ether oxygens (including phenoxy) is 1. The average molecular weight is 355 g/mol. The number of aliphatic imine (C=N–C) groups is 1. The highest BCUT2D eigenvalue weighted by molar-refractivity contribution is 5.88. The molecule has 1 saturated heterocycles. The van der Waals surface area contributed by atoms with E-state index in [1.807, 2.05) is 0 Å². The number of halogens is 1. The van der Waals surface area contributed by atoms with E-state index in [-0.39, 0.29) is 17.5 Å². The van der Waals surface area contributed by atoms with Gasteiger partial charge in [-0.25, -0.2) is 13.8 Å². The van der Waals surface area contributed by atoms with Crippen molar-refractivity contribution in [1.82, 2.24) is 30.2 Å². The van der Waals surface area contributed by atoms with Gasteiger partial charge in [0.2, 0.25) is 0 Å². The molecule has 5 atom stereocenters. The molecule has 13 nitrogen and oxygen atoms in total. The number of aromatic nitrogens is 6. The molecular weight excluding hydrogens is 341 g/mol. The van der Waals surface area contributed by atoms with Crippen LogP contribution in [-0.4, -0.2) is 77.9 Å². The minimum absolute atomic E-state index is 0.0151. The Balaban J connectivity index is 1.85. The standard InChI is InChI=1S/C11H14FN9O4/c12-5-4(2-22)25-8(6(5)23)20-7-3(15-11(20)24)1-14-9(13)21(7)10-16-18-19-17-10/h1,4-6,8-9,22-23H,2,13H2,(H,15,24)(H,16,17,18,19)/t4-,5-,6-,8-,9?/m1/s1. The maximum atomic E-state index is 14.1. The number of alkyl halides is 1. The predicted molar refractivity (Wildman–Crippen MR) is 78.8 cm³/mol. The van der Waals surface area contributed by atoms with E-state index in [0.717, 1.165) is 4.57 Å². The highest BCUT2D eigenvalue weighted by Gasteiger charge is 2.47. The van der Waals surface area contributed by atoms with Crippen LogP contribution in [0, 0.1) is 0 Å². The van der Waals surface area contributed by atoms with Gasteiger partial charge in [0, 0.05) is 0 Å². The lowest BCUT2D eigenvalue weighted by Gasteiger charge is -2.29. The molecule has 0 aromatic carbocycles. The number of aliphatic hydroxyl groups is 2. The lowest BCUT2D eigenvalue weighted by molar-refractivity contribution is -0.0522. The van der Waals surface area contributed by atoms with E-state index in [1.165, 1.54) is 11.1 Å². The van der Waals surface area contributed by atoms with Gasteiger partial charge in [0.25, 0.3) is 5.95 Å². The number of nitrogens with one attached hydrogen (secondary N) is 2. The van der Waals surface area contributed by atoms with Crippen molar-refractivity contribution in [2.24, 2.45) is 10.7 Å². The van der Waals surface area contributed by atoms with Crippen molar-refractivity contribution < 1.29 is 19.3 Å². The Morgan fingerprint density at radius 2 is 2.28 bits per heavy atom. The number of H-pyrrole nitrogens is 2. The smallest absolute Gasteiger partial charge is 0.329 e. The second kappa shape index (κ2) is 5.69. The Hall–Kier alpha value is -2.68. The molecule has 1 unspecified atom stereocenters. The zero-order chi connectivity index (χ0) is 17.7. The zero-order valence-corrected chi connectivity index (χ0v) is 12.5. The quantitative estimate of drug-likeness (QED) is 0.385. The largest absolute Gasteiger partial charge is 0.394 e. The van der Waals surface area contributed by atoms with Crippen LogP contribution in [-0.2, 0) is 4.74 Å². The van der Waals surface area contributed by atoms with Gasteiger partial charge >= 0.3 is 5.69 Å². The third-order valence-corrected chi connectivity index (χ3v) is 4.05. The lowest BCUT2D eigenvalue weighted by Crippen LogP contribution is -2.43. The molecule has 0 aliphatic carbocycles. The molecule has 0 bridgehead atoms. The first-order valence-electron chi connectivity index (χ1n) is 7.27. The third-order valence-electron chi connectivity index (χ3n) is 4.05. The summed E-state index contributed by atoms with van der Waals surface area (Å²) in [7, 11) is 0. The van der Waals surface area contributed by atoms with Gasteiger partial charge in [-0.05, 0) is 5.21 Å². The Morgan fingerprint density at radius 1 is 1.48 bits per heavy atom. The number of anilines is 2. The second-order valence-corrected chi connectivity index (χ2v) is 5.49. The van der Waals surface area contributed by atoms with Gasteiger partial charge in [-0.15, -0.1) is 5.10 Å². The number of nitrogens with two attached hydrogens (primary N) is 1. The summed E-state index contributed by atoms with van der Waals surface area (Å²) in [5.74, 6) is 0.144. The molecule has 0 radical (unpaired) electrons. The van der Waals surface area contributed by atoms with Gasteiger partial charge in [-0.3, -0.25) is 15.6 Å². The second-order valence-electron chi connectivity index (χ2n) is 5.49. The van der Waals surface area contributed by atoms with Crippen molar-refractivity contribution in [3.05, 3.63) is 16.2 Å². The van der Waals surface area contributed by atoms with Crippen molar-refractivity contribution in [2.45, 2.75) is 30.9 Å². The van der Waals surface area contributed by atoms with Crippen molar-refractivity contribution in [3.63, 3.8) is 0 Å². The molecule has 2 aliphatic heterocycles. The van der Waals surface area contributed by atoms with E-state index in [9.17, 15) is 14.3 Å². The van der Waals surface area contributed by atoms with Gasteiger partial charge < -0.3 is 19.9 Å². The monoisotopic (exact) mass is 355 g/mol. The SMILES string of the molecule is NC1N=Cc2[nH]c(=O)n([C@@H]3O[C@H](CO)[C@@H](F)[C@H]3O)c2N1c1nn[nH]n1. The topological polar surface area (TPSA) is 184 Å². The molecule has 0 amide bonds. The van der Waals surface area contributed by atoms with E-state index in [0.29, 0.717) is 0 Å². The lowest BCUT2D eigenvalue weighted by atomic mass is 10.1. The minimum Gasteiger partial charge on any atom is -0.394 e. The molecule has 2 aliphatic rings. The first-order valence-corrected chi connectivity index (χ1v) is 7.27.